The smallest absolute Gasteiger partial charge is 0.224 e. The summed E-state index contributed by atoms with van der Waals surface area (Å²) in [5.74, 6) is 0.462. The van der Waals surface area contributed by atoms with Gasteiger partial charge < -0.3 is 11.1 Å². The molecule has 0 saturated carbocycles. The first-order valence-electron chi connectivity index (χ1n) is 6.37. The lowest BCUT2D eigenvalue weighted by Crippen LogP contribution is -2.15. The number of amides is 1. The number of carbonyl (C=O) groups is 1. The standard InChI is InChI=1S/C13H19BrClN3O/c1-2-9(5-6-16)3-4-12(19)18-11-7-10(14)8-17-13(11)15/h7-9H,2-6,16H2,1H3,(H,18,19). The molecule has 1 heterocycles. The monoisotopic (exact) mass is 347 g/mol. The minimum atomic E-state index is -0.0442. The van der Waals surface area contributed by atoms with Crippen LogP contribution in [0.2, 0.25) is 5.15 Å². The predicted octanol–water partition coefficient (Wildman–Crippen LogP) is 3.59. The fourth-order valence-corrected chi connectivity index (χ4v) is 2.33. The SMILES string of the molecule is CCC(CCN)CCC(=O)Nc1cc(Br)cnc1Cl. The Bertz CT molecular complexity index is 428. The van der Waals surface area contributed by atoms with Crippen molar-refractivity contribution >= 4 is 39.1 Å². The minimum absolute atomic E-state index is 0.0442. The quantitative estimate of drug-likeness (QED) is 0.740. The van der Waals surface area contributed by atoms with Gasteiger partial charge in [-0.05, 0) is 47.3 Å². The molecule has 0 fully saturated rings. The topological polar surface area (TPSA) is 68.0 Å². The van der Waals surface area contributed by atoms with Gasteiger partial charge in [-0.25, -0.2) is 4.98 Å². The van der Waals surface area contributed by atoms with E-state index in [2.05, 4.69) is 33.2 Å². The van der Waals surface area contributed by atoms with Crippen LogP contribution in [0, 0.1) is 5.92 Å². The molecule has 0 aliphatic heterocycles. The lowest BCUT2D eigenvalue weighted by Gasteiger charge is -2.13. The highest BCUT2D eigenvalue weighted by atomic mass is 79.9. The maximum atomic E-state index is 11.9. The van der Waals surface area contributed by atoms with Crippen LogP contribution in [0.4, 0.5) is 5.69 Å². The molecule has 0 bridgehead atoms. The summed E-state index contributed by atoms with van der Waals surface area (Å²) in [6.45, 7) is 2.79. The van der Waals surface area contributed by atoms with Crippen molar-refractivity contribution in [3.8, 4) is 0 Å². The van der Waals surface area contributed by atoms with Gasteiger partial charge in [-0.2, -0.15) is 0 Å². The van der Waals surface area contributed by atoms with Crippen LogP contribution in [-0.4, -0.2) is 17.4 Å². The van der Waals surface area contributed by atoms with E-state index in [0.717, 1.165) is 23.7 Å². The average Bonchev–Trinajstić information content (AvgIpc) is 2.39. The molecule has 1 aromatic rings. The van der Waals surface area contributed by atoms with Crippen LogP contribution in [-0.2, 0) is 4.79 Å². The zero-order chi connectivity index (χ0) is 14.3. The number of nitrogens with two attached hydrogens (primary N) is 1. The highest BCUT2D eigenvalue weighted by Gasteiger charge is 2.11. The van der Waals surface area contributed by atoms with Crippen LogP contribution in [0.15, 0.2) is 16.7 Å². The van der Waals surface area contributed by atoms with Crippen molar-refractivity contribution < 1.29 is 4.79 Å². The Morgan fingerprint density at radius 3 is 2.95 bits per heavy atom. The normalized spacial score (nSPS) is 12.2. The van der Waals surface area contributed by atoms with Gasteiger partial charge in [0.05, 0.1) is 5.69 Å². The van der Waals surface area contributed by atoms with Crippen molar-refractivity contribution in [1.29, 1.82) is 0 Å². The van der Waals surface area contributed by atoms with E-state index in [1.807, 2.05) is 0 Å². The second-order valence-corrected chi connectivity index (χ2v) is 5.70. The highest BCUT2D eigenvalue weighted by molar-refractivity contribution is 9.10. The Kier molecular flexibility index (Phi) is 7.34. The number of nitrogens with one attached hydrogen (secondary N) is 1. The van der Waals surface area contributed by atoms with E-state index in [-0.39, 0.29) is 5.91 Å². The predicted molar refractivity (Wildman–Crippen MR) is 82.3 cm³/mol. The number of rotatable bonds is 7. The number of nitrogens with zero attached hydrogens (tertiary/aromatic N) is 1. The molecule has 1 unspecified atom stereocenters. The molecule has 1 aromatic heterocycles. The molecular weight excluding hydrogens is 330 g/mol. The molecular formula is C13H19BrClN3O. The van der Waals surface area contributed by atoms with Crippen molar-refractivity contribution in [3.05, 3.63) is 21.9 Å². The third kappa shape index (κ3) is 5.89. The summed E-state index contributed by atoms with van der Waals surface area (Å²) < 4.78 is 0.779. The lowest BCUT2D eigenvalue weighted by atomic mass is 9.96. The Morgan fingerprint density at radius 1 is 1.58 bits per heavy atom. The van der Waals surface area contributed by atoms with Crippen molar-refractivity contribution in [3.63, 3.8) is 0 Å². The van der Waals surface area contributed by atoms with E-state index < -0.39 is 0 Å². The number of aromatic nitrogens is 1. The van der Waals surface area contributed by atoms with E-state index in [1.54, 1.807) is 12.3 Å². The van der Waals surface area contributed by atoms with Gasteiger partial charge >= 0.3 is 0 Å². The van der Waals surface area contributed by atoms with Crippen molar-refractivity contribution in [1.82, 2.24) is 4.98 Å². The maximum Gasteiger partial charge on any atom is 0.224 e. The van der Waals surface area contributed by atoms with Crippen molar-refractivity contribution in [2.75, 3.05) is 11.9 Å². The summed E-state index contributed by atoms with van der Waals surface area (Å²) in [7, 11) is 0. The summed E-state index contributed by atoms with van der Waals surface area (Å²) in [6.07, 6.45) is 4.92. The Balaban J connectivity index is 2.48. The van der Waals surface area contributed by atoms with E-state index in [1.165, 1.54) is 0 Å². The number of carbonyl (C=O) groups excluding carboxylic acids is 1. The summed E-state index contributed by atoms with van der Waals surface area (Å²) in [5, 5.41) is 3.07. The van der Waals surface area contributed by atoms with Crippen LogP contribution < -0.4 is 11.1 Å². The van der Waals surface area contributed by atoms with Crippen molar-refractivity contribution in [2.45, 2.75) is 32.6 Å². The molecule has 4 nitrogen and oxygen atoms in total. The molecule has 1 amide bonds. The number of halogens is 2. The molecule has 0 aromatic carbocycles. The molecule has 106 valence electrons. The summed E-state index contributed by atoms with van der Waals surface area (Å²) >= 11 is 9.21. The van der Waals surface area contributed by atoms with Gasteiger partial charge in [0.2, 0.25) is 5.91 Å². The fraction of sp³-hybridized carbons (Fsp3) is 0.538. The molecule has 0 spiro atoms. The zero-order valence-electron chi connectivity index (χ0n) is 11.0. The van der Waals surface area contributed by atoms with Crippen LogP contribution in [0.3, 0.4) is 0 Å². The average molecular weight is 349 g/mol. The molecule has 1 rings (SSSR count). The summed E-state index contributed by atoms with van der Waals surface area (Å²) in [4.78, 5) is 15.8. The maximum absolute atomic E-state index is 11.9. The fourth-order valence-electron chi connectivity index (χ4n) is 1.85. The minimum Gasteiger partial charge on any atom is -0.330 e. The Labute approximate surface area is 127 Å². The van der Waals surface area contributed by atoms with Gasteiger partial charge in [0.15, 0.2) is 5.15 Å². The molecule has 0 aliphatic rings. The van der Waals surface area contributed by atoms with Crippen LogP contribution >= 0.6 is 27.5 Å². The molecule has 0 aliphatic carbocycles. The summed E-state index contributed by atoms with van der Waals surface area (Å²) in [6, 6.07) is 1.74. The lowest BCUT2D eigenvalue weighted by molar-refractivity contribution is -0.116. The van der Waals surface area contributed by atoms with Gasteiger partial charge in [0.1, 0.15) is 0 Å². The van der Waals surface area contributed by atoms with Gasteiger partial charge in [-0.3, -0.25) is 4.79 Å². The highest BCUT2D eigenvalue weighted by Crippen LogP contribution is 2.23. The Morgan fingerprint density at radius 2 is 2.32 bits per heavy atom. The van der Waals surface area contributed by atoms with E-state index in [4.69, 9.17) is 17.3 Å². The third-order valence-electron chi connectivity index (χ3n) is 3.01. The van der Waals surface area contributed by atoms with Crippen LogP contribution in [0.1, 0.15) is 32.6 Å². The van der Waals surface area contributed by atoms with Gasteiger partial charge in [-0.15, -0.1) is 0 Å². The number of hydrogen-bond acceptors (Lipinski definition) is 3. The number of anilines is 1. The molecule has 0 saturated heterocycles. The van der Waals surface area contributed by atoms with E-state index >= 15 is 0 Å². The first-order chi connectivity index (χ1) is 9.06. The Hall–Kier alpha value is -0.650. The molecule has 0 radical (unpaired) electrons. The first-order valence-corrected chi connectivity index (χ1v) is 7.54. The summed E-state index contributed by atoms with van der Waals surface area (Å²) in [5.41, 5.74) is 6.08. The second kappa shape index (κ2) is 8.51. The van der Waals surface area contributed by atoms with Crippen LogP contribution in [0.5, 0.6) is 0 Å². The van der Waals surface area contributed by atoms with E-state index in [0.29, 0.717) is 29.7 Å². The van der Waals surface area contributed by atoms with Gasteiger partial charge in [-0.1, -0.05) is 24.9 Å². The molecule has 6 heteroatoms. The van der Waals surface area contributed by atoms with E-state index in [9.17, 15) is 4.79 Å². The van der Waals surface area contributed by atoms with Gasteiger partial charge in [0.25, 0.3) is 0 Å². The van der Waals surface area contributed by atoms with Gasteiger partial charge in [0, 0.05) is 17.1 Å². The largest absolute Gasteiger partial charge is 0.330 e. The zero-order valence-corrected chi connectivity index (χ0v) is 13.3. The second-order valence-electron chi connectivity index (χ2n) is 4.43. The molecule has 1 atom stereocenters. The number of hydrogen-bond donors (Lipinski definition) is 2. The molecule has 3 N–H and O–H groups in total. The number of pyridine rings is 1. The van der Waals surface area contributed by atoms with Crippen molar-refractivity contribution in [2.24, 2.45) is 11.7 Å². The molecule has 19 heavy (non-hydrogen) atoms. The van der Waals surface area contributed by atoms with Crippen LogP contribution in [0.25, 0.3) is 0 Å². The first kappa shape index (κ1) is 16.4. The third-order valence-corrected chi connectivity index (χ3v) is 3.75.